The van der Waals surface area contributed by atoms with E-state index in [0.29, 0.717) is 9.92 Å². The number of nitro benzene ring substituents is 1. The molecule has 0 saturated heterocycles. The Bertz CT molecular complexity index is 705. The van der Waals surface area contributed by atoms with Crippen LogP contribution in [0.25, 0.3) is 0 Å². The first-order valence-electron chi connectivity index (χ1n) is 5.71. The molecule has 0 spiro atoms. The first kappa shape index (κ1) is 14.8. The number of hydrogen-bond donors (Lipinski definition) is 1. The van der Waals surface area contributed by atoms with Gasteiger partial charge in [0, 0.05) is 23.2 Å². The molecule has 1 heterocycles. The van der Waals surface area contributed by atoms with Crippen molar-refractivity contribution in [1.82, 2.24) is 4.98 Å². The molecular weight excluding hydrogens is 296 g/mol. The molecule has 1 aromatic carbocycles. The maximum Gasteiger partial charge on any atom is 0.338 e. The fourth-order valence-electron chi connectivity index (χ4n) is 1.62. The summed E-state index contributed by atoms with van der Waals surface area (Å²) in [7, 11) is 1.33. The summed E-state index contributed by atoms with van der Waals surface area (Å²) in [5, 5.41) is 20.2. The van der Waals surface area contributed by atoms with E-state index in [-0.39, 0.29) is 17.0 Å². The van der Waals surface area contributed by atoms with E-state index in [0.717, 1.165) is 11.8 Å². The average molecular weight is 306 g/mol. The van der Waals surface area contributed by atoms with Crippen molar-refractivity contribution >= 4 is 23.4 Å². The van der Waals surface area contributed by atoms with Crippen molar-refractivity contribution < 1.29 is 19.6 Å². The third-order valence-electron chi connectivity index (χ3n) is 2.56. The van der Waals surface area contributed by atoms with E-state index in [1.54, 1.807) is 0 Å². The molecule has 0 unspecified atom stereocenters. The summed E-state index contributed by atoms with van der Waals surface area (Å²) in [5.74, 6) is -0.975. The van der Waals surface area contributed by atoms with E-state index < -0.39 is 10.9 Å². The number of carboxylic acid groups (broad SMARTS) is 1. The van der Waals surface area contributed by atoms with Crippen LogP contribution in [-0.4, -0.2) is 28.1 Å². The number of nitrogens with zero attached hydrogens (tertiary/aromatic N) is 2. The van der Waals surface area contributed by atoms with E-state index in [9.17, 15) is 14.9 Å². The smallest absolute Gasteiger partial charge is 0.338 e. The van der Waals surface area contributed by atoms with Crippen LogP contribution in [0.15, 0.2) is 46.5 Å². The van der Waals surface area contributed by atoms with Gasteiger partial charge in [0.05, 0.1) is 17.6 Å². The number of ether oxygens (including phenoxy) is 1. The Labute approximate surface area is 123 Å². The number of rotatable bonds is 5. The number of pyridine rings is 1. The van der Waals surface area contributed by atoms with Gasteiger partial charge in [0.1, 0.15) is 5.03 Å². The van der Waals surface area contributed by atoms with Crippen molar-refractivity contribution in [3.05, 3.63) is 52.2 Å². The van der Waals surface area contributed by atoms with Crippen molar-refractivity contribution in [2.24, 2.45) is 0 Å². The average Bonchev–Trinajstić information content (AvgIpc) is 2.47. The third kappa shape index (κ3) is 3.29. The van der Waals surface area contributed by atoms with Crippen molar-refractivity contribution in [3.8, 4) is 5.75 Å². The highest BCUT2D eigenvalue weighted by atomic mass is 32.2. The van der Waals surface area contributed by atoms with Gasteiger partial charge in [-0.05, 0) is 18.2 Å². The molecule has 0 atom stereocenters. The first-order chi connectivity index (χ1) is 10.0. The van der Waals surface area contributed by atoms with Gasteiger partial charge in [0.25, 0.3) is 0 Å². The van der Waals surface area contributed by atoms with Crippen LogP contribution < -0.4 is 4.74 Å². The van der Waals surface area contributed by atoms with Crippen LogP contribution in [0, 0.1) is 10.1 Å². The molecule has 1 aromatic heterocycles. The summed E-state index contributed by atoms with van der Waals surface area (Å²) in [6, 6.07) is 7.28. The molecule has 0 fully saturated rings. The number of carbonyl (C=O) groups is 1. The molecule has 7 nitrogen and oxygen atoms in total. The van der Waals surface area contributed by atoms with Gasteiger partial charge in [-0.15, -0.1) is 0 Å². The second-order valence-electron chi connectivity index (χ2n) is 3.85. The van der Waals surface area contributed by atoms with Crippen LogP contribution >= 0.6 is 11.8 Å². The second-order valence-corrected chi connectivity index (χ2v) is 4.92. The zero-order valence-corrected chi connectivity index (χ0v) is 11.7. The number of carboxylic acids is 1. The molecule has 2 aromatic rings. The Kier molecular flexibility index (Phi) is 4.39. The Morgan fingerprint density at radius 3 is 2.81 bits per heavy atom. The molecule has 0 amide bonds. The van der Waals surface area contributed by atoms with Crippen LogP contribution in [0.3, 0.4) is 0 Å². The number of aromatic nitrogens is 1. The van der Waals surface area contributed by atoms with Gasteiger partial charge in [0.2, 0.25) is 0 Å². The Hall–Kier alpha value is -2.61. The number of benzene rings is 1. The lowest BCUT2D eigenvalue weighted by molar-refractivity contribution is -0.385. The Morgan fingerprint density at radius 1 is 1.43 bits per heavy atom. The summed E-state index contributed by atoms with van der Waals surface area (Å²) >= 11 is 1.10. The molecule has 1 N–H and O–H groups in total. The van der Waals surface area contributed by atoms with Crippen molar-refractivity contribution in [1.29, 1.82) is 0 Å². The molecule has 8 heteroatoms. The molecular formula is C13H10N2O5S. The van der Waals surface area contributed by atoms with Crippen LogP contribution in [0.2, 0.25) is 0 Å². The minimum Gasteiger partial charge on any atom is -0.490 e. The molecule has 0 aliphatic carbocycles. The van der Waals surface area contributed by atoms with E-state index in [2.05, 4.69) is 4.98 Å². The number of methoxy groups -OCH3 is 1. The van der Waals surface area contributed by atoms with Gasteiger partial charge in [-0.2, -0.15) is 0 Å². The highest BCUT2D eigenvalue weighted by Crippen LogP contribution is 2.35. The maximum absolute atomic E-state index is 11.1. The second kappa shape index (κ2) is 6.23. The number of aromatic carboxylic acids is 1. The molecule has 0 aliphatic rings. The standard InChI is InChI=1S/C13H10N2O5S/c1-20-11-7-8(4-5-10(11)15(18)19)21-12-9(13(16)17)3-2-6-14-12/h2-7H,1H3,(H,16,17). The van der Waals surface area contributed by atoms with Crippen LogP contribution in [0.5, 0.6) is 5.75 Å². The highest BCUT2D eigenvalue weighted by molar-refractivity contribution is 7.99. The topological polar surface area (TPSA) is 103 Å². The van der Waals surface area contributed by atoms with E-state index in [1.807, 2.05) is 0 Å². The summed E-state index contributed by atoms with van der Waals surface area (Å²) in [6.45, 7) is 0. The summed E-state index contributed by atoms with van der Waals surface area (Å²) in [6.07, 6.45) is 1.48. The molecule has 108 valence electrons. The van der Waals surface area contributed by atoms with Gasteiger partial charge >= 0.3 is 11.7 Å². The lowest BCUT2D eigenvalue weighted by atomic mass is 10.3. The third-order valence-corrected chi connectivity index (χ3v) is 3.57. The molecule has 0 aliphatic heterocycles. The fourth-order valence-corrected chi connectivity index (χ4v) is 2.52. The molecule has 21 heavy (non-hydrogen) atoms. The Balaban J connectivity index is 2.37. The molecule has 0 radical (unpaired) electrons. The normalized spacial score (nSPS) is 10.1. The van der Waals surface area contributed by atoms with Gasteiger partial charge in [-0.1, -0.05) is 11.8 Å². The maximum atomic E-state index is 11.1. The van der Waals surface area contributed by atoms with Gasteiger partial charge in [0.15, 0.2) is 5.75 Å². The lowest BCUT2D eigenvalue weighted by Crippen LogP contribution is -2.00. The zero-order valence-electron chi connectivity index (χ0n) is 10.8. The quantitative estimate of drug-likeness (QED) is 0.669. The predicted octanol–water partition coefficient (Wildman–Crippen LogP) is 2.85. The number of nitro groups is 1. The van der Waals surface area contributed by atoms with Gasteiger partial charge in [-0.3, -0.25) is 10.1 Å². The van der Waals surface area contributed by atoms with E-state index in [4.69, 9.17) is 9.84 Å². The van der Waals surface area contributed by atoms with Crippen LogP contribution in [-0.2, 0) is 0 Å². The van der Waals surface area contributed by atoms with Gasteiger partial charge < -0.3 is 9.84 Å². The monoisotopic (exact) mass is 306 g/mol. The Morgan fingerprint density at radius 2 is 2.19 bits per heavy atom. The fraction of sp³-hybridized carbons (Fsp3) is 0.0769. The minimum atomic E-state index is -1.08. The summed E-state index contributed by atoms with van der Waals surface area (Å²) < 4.78 is 4.97. The zero-order chi connectivity index (χ0) is 15.4. The number of hydrogen-bond acceptors (Lipinski definition) is 6. The molecule has 0 bridgehead atoms. The van der Waals surface area contributed by atoms with E-state index >= 15 is 0 Å². The van der Waals surface area contributed by atoms with Gasteiger partial charge in [-0.25, -0.2) is 9.78 Å². The first-order valence-corrected chi connectivity index (χ1v) is 6.53. The van der Waals surface area contributed by atoms with Crippen molar-refractivity contribution in [3.63, 3.8) is 0 Å². The SMILES string of the molecule is COc1cc(Sc2ncccc2C(=O)O)ccc1[N+](=O)[O-]. The summed E-state index contributed by atoms with van der Waals surface area (Å²) in [4.78, 5) is 26.0. The highest BCUT2D eigenvalue weighted by Gasteiger charge is 2.17. The largest absolute Gasteiger partial charge is 0.490 e. The predicted molar refractivity (Wildman–Crippen MR) is 75.0 cm³/mol. The lowest BCUT2D eigenvalue weighted by Gasteiger charge is -2.06. The van der Waals surface area contributed by atoms with Crippen LogP contribution in [0.1, 0.15) is 10.4 Å². The molecule has 0 saturated carbocycles. The van der Waals surface area contributed by atoms with Crippen molar-refractivity contribution in [2.45, 2.75) is 9.92 Å². The summed E-state index contributed by atoms with van der Waals surface area (Å²) in [5.41, 5.74) is -0.0823. The van der Waals surface area contributed by atoms with E-state index in [1.165, 1.54) is 43.6 Å². The van der Waals surface area contributed by atoms with Crippen LogP contribution in [0.4, 0.5) is 5.69 Å². The molecule has 2 rings (SSSR count). The van der Waals surface area contributed by atoms with Crippen molar-refractivity contribution in [2.75, 3.05) is 7.11 Å². The minimum absolute atomic E-state index is 0.0693.